The van der Waals surface area contributed by atoms with Gasteiger partial charge in [-0.3, -0.25) is 0 Å². The van der Waals surface area contributed by atoms with Gasteiger partial charge >= 0.3 is 0 Å². The van der Waals surface area contributed by atoms with Crippen molar-refractivity contribution in [1.82, 2.24) is 10.6 Å². The molecule has 0 spiro atoms. The first-order valence-corrected chi connectivity index (χ1v) is 6.50. The van der Waals surface area contributed by atoms with Crippen LogP contribution in [-0.4, -0.2) is 26.2 Å². The van der Waals surface area contributed by atoms with Gasteiger partial charge in [-0.15, -0.1) is 13.2 Å². The molecule has 0 bridgehead atoms. The van der Waals surface area contributed by atoms with E-state index in [1.165, 1.54) is 38.8 Å². The summed E-state index contributed by atoms with van der Waals surface area (Å²) in [7, 11) is 0. The molecule has 0 heterocycles. The van der Waals surface area contributed by atoms with Crippen molar-refractivity contribution < 1.29 is 0 Å². The quantitative estimate of drug-likeness (QED) is 0.486. The predicted octanol–water partition coefficient (Wildman–Crippen LogP) is 2.34. The fourth-order valence-corrected chi connectivity index (χ4v) is 2.42. The molecule has 0 aromatic carbocycles. The zero-order valence-electron chi connectivity index (χ0n) is 10.4. The van der Waals surface area contributed by atoms with Gasteiger partial charge in [0.15, 0.2) is 0 Å². The van der Waals surface area contributed by atoms with E-state index in [1.54, 1.807) is 0 Å². The summed E-state index contributed by atoms with van der Waals surface area (Å²) in [5, 5.41) is 6.85. The SMILES string of the molecule is C=CCNCC1CCC(CNCC=C)CC1. The highest BCUT2D eigenvalue weighted by atomic mass is 14.9. The van der Waals surface area contributed by atoms with E-state index in [-0.39, 0.29) is 0 Å². The van der Waals surface area contributed by atoms with E-state index in [2.05, 4.69) is 23.8 Å². The fourth-order valence-electron chi connectivity index (χ4n) is 2.42. The molecule has 0 aromatic heterocycles. The van der Waals surface area contributed by atoms with Crippen LogP contribution < -0.4 is 10.6 Å². The van der Waals surface area contributed by atoms with Crippen molar-refractivity contribution in [3.05, 3.63) is 25.3 Å². The van der Waals surface area contributed by atoms with Crippen molar-refractivity contribution in [2.24, 2.45) is 11.8 Å². The third-order valence-electron chi connectivity index (χ3n) is 3.41. The van der Waals surface area contributed by atoms with E-state index >= 15 is 0 Å². The van der Waals surface area contributed by atoms with Gasteiger partial charge < -0.3 is 10.6 Å². The van der Waals surface area contributed by atoms with Crippen molar-refractivity contribution in [3.8, 4) is 0 Å². The lowest BCUT2D eigenvalue weighted by molar-refractivity contribution is 0.265. The van der Waals surface area contributed by atoms with Crippen LogP contribution in [0.4, 0.5) is 0 Å². The van der Waals surface area contributed by atoms with Crippen LogP contribution in [0.2, 0.25) is 0 Å². The van der Waals surface area contributed by atoms with Crippen molar-refractivity contribution in [1.29, 1.82) is 0 Å². The molecule has 92 valence electrons. The molecule has 16 heavy (non-hydrogen) atoms. The lowest BCUT2D eigenvalue weighted by Crippen LogP contribution is -2.30. The summed E-state index contributed by atoms with van der Waals surface area (Å²) in [6.45, 7) is 11.7. The molecule has 1 aliphatic rings. The third kappa shape index (κ3) is 5.47. The van der Waals surface area contributed by atoms with Gasteiger partial charge in [0.2, 0.25) is 0 Å². The molecule has 0 radical (unpaired) electrons. The van der Waals surface area contributed by atoms with E-state index in [1.807, 2.05) is 12.2 Å². The van der Waals surface area contributed by atoms with E-state index in [9.17, 15) is 0 Å². The maximum Gasteiger partial charge on any atom is 0.0132 e. The highest BCUT2D eigenvalue weighted by Crippen LogP contribution is 2.27. The first-order valence-electron chi connectivity index (χ1n) is 6.50. The molecule has 2 heteroatoms. The Kier molecular flexibility index (Phi) is 7.19. The maximum absolute atomic E-state index is 3.72. The molecule has 1 fully saturated rings. The first kappa shape index (κ1) is 13.5. The van der Waals surface area contributed by atoms with Crippen molar-refractivity contribution >= 4 is 0 Å². The van der Waals surface area contributed by atoms with E-state index in [4.69, 9.17) is 0 Å². The van der Waals surface area contributed by atoms with Crippen molar-refractivity contribution in [3.63, 3.8) is 0 Å². The van der Waals surface area contributed by atoms with Gasteiger partial charge in [0.05, 0.1) is 0 Å². The third-order valence-corrected chi connectivity index (χ3v) is 3.41. The Morgan fingerprint density at radius 1 is 0.812 bits per heavy atom. The highest BCUT2D eigenvalue weighted by Gasteiger charge is 2.20. The number of hydrogen-bond donors (Lipinski definition) is 2. The summed E-state index contributed by atoms with van der Waals surface area (Å²) < 4.78 is 0. The van der Waals surface area contributed by atoms with E-state index in [0.29, 0.717) is 0 Å². The lowest BCUT2D eigenvalue weighted by Gasteiger charge is -2.28. The molecule has 0 amide bonds. The topological polar surface area (TPSA) is 24.1 Å². The molecule has 0 aromatic rings. The van der Waals surface area contributed by atoms with Crippen LogP contribution in [-0.2, 0) is 0 Å². The highest BCUT2D eigenvalue weighted by molar-refractivity contribution is 4.78. The minimum atomic E-state index is 0.885. The second-order valence-electron chi connectivity index (χ2n) is 4.78. The average Bonchev–Trinajstić information content (AvgIpc) is 2.32. The van der Waals surface area contributed by atoms with Crippen LogP contribution in [0.3, 0.4) is 0 Å². The Bertz CT molecular complexity index is 171. The van der Waals surface area contributed by atoms with Gasteiger partial charge in [0.25, 0.3) is 0 Å². The zero-order chi connectivity index (χ0) is 11.6. The molecule has 1 aliphatic carbocycles. The second-order valence-corrected chi connectivity index (χ2v) is 4.78. The minimum absolute atomic E-state index is 0.885. The summed E-state index contributed by atoms with van der Waals surface area (Å²) >= 11 is 0. The average molecular weight is 222 g/mol. The van der Waals surface area contributed by atoms with Crippen LogP contribution in [0.5, 0.6) is 0 Å². The molecular formula is C14H26N2. The van der Waals surface area contributed by atoms with Crippen LogP contribution >= 0.6 is 0 Å². The van der Waals surface area contributed by atoms with Crippen molar-refractivity contribution in [2.75, 3.05) is 26.2 Å². The normalized spacial score (nSPS) is 25.2. The monoisotopic (exact) mass is 222 g/mol. The smallest absolute Gasteiger partial charge is 0.0132 e. The molecule has 1 rings (SSSR count). The van der Waals surface area contributed by atoms with Gasteiger partial charge in [0.1, 0.15) is 0 Å². The summed E-state index contributed by atoms with van der Waals surface area (Å²) in [5.74, 6) is 1.77. The Labute approximate surface area is 100 Å². The number of hydrogen-bond acceptors (Lipinski definition) is 2. The van der Waals surface area contributed by atoms with Crippen LogP contribution in [0.25, 0.3) is 0 Å². The summed E-state index contributed by atoms with van der Waals surface area (Å²) in [5.41, 5.74) is 0. The summed E-state index contributed by atoms with van der Waals surface area (Å²) in [4.78, 5) is 0. The molecule has 0 unspecified atom stereocenters. The summed E-state index contributed by atoms with van der Waals surface area (Å²) in [6.07, 6.45) is 9.39. The number of rotatable bonds is 8. The molecule has 0 saturated heterocycles. The zero-order valence-corrected chi connectivity index (χ0v) is 10.4. The lowest BCUT2D eigenvalue weighted by atomic mass is 9.82. The standard InChI is InChI=1S/C14H26N2/c1-3-9-15-11-13-5-7-14(8-6-13)12-16-10-4-2/h3-4,13-16H,1-2,5-12H2. The molecule has 0 atom stereocenters. The minimum Gasteiger partial charge on any atom is -0.313 e. The summed E-state index contributed by atoms with van der Waals surface area (Å²) in [6, 6.07) is 0. The Balaban J connectivity index is 2.04. The molecule has 2 N–H and O–H groups in total. The van der Waals surface area contributed by atoms with E-state index in [0.717, 1.165) is 24.9 Å². The van der Waals surface area contributed by atoms with Crippen LogP contribution in [0, 0.1) is 11.8 Å². The fraction of sp³-hybridized carbons (Fsp3) is 0.714. The largest absolute Gasteiger partial charge is 0.313 e. The van der Waals surface area contributed by atoms with Gasteiger partial charge in [-0.25, -0.2) is 0 Å². The molecule has 0 aliphatic heterocycles. The first-order chi connectivity index (χ1) is 7.86. The number of nitrogens with one attached hydrogen (secondary N) is 2. The van der Waals surface area contributed by atoms with Gasteiger partial charge in [-0.05, 0) is 50.6 Å². The molecular weight excluding hydrogens is 196 g/mol. The Morgan fingerprint density at radius 2 is 1.19 bits per heavy atom. The van der Waals surface area contributed by atoms with Gasteiger partial charge in [0, 0.05) is 13.1 Å². The van der Waals surface area contributed by atoms with Gasteiger partial charge in [-0.1, -0.05) is 12.2 Å². The van der Waals surface area contributed by atoms with Gasteiger partial charge in [-0.2, -0.15) is 0 Å². The molecule has 1 saturated carbocycles. The van der Waals surface area contributed by atoms with Crippen LogP contribution in [0.1, 0.15) is 25.7 Å². The van der Waals surface area contributed by atoms with Crippen molar-refractivity contribution in [2.45, 2.75) is 25.7 Å². The van der Waals surface area contributed by atoms with E-state index < -0.39 is 0 Å². The van der Waals surface area contributed by atoms with Crippen LogP contribution in [0.15, 0.2) is 25.3 Å². The second kappa shape index (κ2) is 8.54. The Hall–Kier alpha value is -0.600. The predicted molar refractivity (Wildman–Crippen MR) is 71.6 cm³/mol. The molecule has 2 nitrogen and oxygen atoms in total. The maximum atomic E-state index is 3.72. The Morgan fingerprint density at radius 3 is 1.50 bits per heavy atom.